The maximum absolute atomic E-state index is 9.39. The minimum Gasteiger partial charge on any atom is -0.506 e. The van der Waals surface area contributed by atoms with E-state index in [-0.39, 0.29) is 5.75 Å². The van der Waals surface area contributed by atoms with Crippen LogP contribution in [0.4, 0.5) is 0 Å². The van der Waals surface area contributed by atoms with Crippen LogP contribution in [0, 0.1) is 5.92 Å². The van der Waals surface area contributed by atoms with E-state index in [0.717, 1.165) is 24.3 Å². The molecular formula is C15H15NO2. The Morgan fingerprint density at radius 1 is 1.22 bits per heavy atom. The molecule has 1 heterocycles. The molecule has 0 saturated heterocycles. The molecule has 1 aromatic heterocycles. The molecule has 1 fully saturated rings. The minimum atomic E-state index is 0.238. The van der Waals surface area contributed by atoms with E-state index >= 15 is 0 Å². The van der Waals surface area contributed by atoms with Crippen molar-refractivity contribution in [3.63, 3.8) is 0 Å². The zero-order valence-corrected chi connectivity index (χ0v) is 9.99. The van der Waals surface area contributed by atoms with E-state index in [9.17, 15) is 5.11 Å². The van der Waals surface area contributed by atoms with Crippen LogP contribution in [0.3, 0.4) is 0 Å². The molecule has 3 rings (SSSR count). The van der Waals surface area contributed by atoms with Crippen LogP contribution in [0.1, 0.15) is 17.9 Å². The molecule has 2 atom stereocenters. The Morgan fingerprint density at radius 2 is 2.06 bits per heavy atom. The van der Waals surface area contributed by atoms with Crippen molar-refractivity contribution in [2.24, 2.45) is 5.92 Å². The number of aromatic nitrogens is 1. The molecule has 1 aliphatic rings. The van der Waals surface area contributed by atoms with Gasteiger partial charge >= 0.3 is 0 Å². The van der Waals surface area contributed by atoms with Crippen molar-refractivity contribution >= 4 is 0 Å². The first kappa shape index (κ1) is 11.1. The maximum atomic E-state index is 9.39. The summed E-state index contributed by atoms with van der Waals surface area (Å²) in [6.45, 7) is 0.727. The van der Waals surface area contributed by atoms with Crippen LogP contribution in [0.15, 0.2) is 48.8 Å². The summed E-state index contributed by atoms with van der Waals surface area (Å²) in [6, 6.07) is 11.6. The molecule has 0 spiro atoms. The van der Waals surface area contributed by atoms with Crippen molar-refractivity contribution in [1.82, 2.24) is 4.98 Å². The first-order valence-corrected chi connectivity index (χ1v) is 6.14. The van der Waals surface area contributed by atoms with Crippen LogP contribution in [0.2, 0.25) is 0 Å². The van der Waals surface area contributed by atoms with Crippen molar-refractivity contribution in [3.8, 4) is 11.5 Å². The molecule has 1 aliphatic carbocycles. The lowest BCUT2D eigenvalue weighted by atomic mass is 10.1. The molecule has 18 heavy (non-hydrogen) atoms. The Bertz CT molecular complexity index is 527. The van der Waals surface area contributed by atoms with Gasteiger partial charge in [-0.1, -0.05) is 18.2 Å². The van der Waals surface area contributed by atoms with Crippen LogP contribution >= 0.6 is 0 Å². The molecule has 0 radical (unpaired) electrons. The van der Waals surface area contributed by atoms with E-state index in [4.69, 9.17) is 4.74 Å². The quantitative estimate of drug-likeness (QED) is 0.894. The topological polar surface area (TPSA) is 42.4 Å². The van der Waals surface area contributed by atoms with E-state index in [1.165, 1.54) is 6.20 Å². The zero-order valence-electron chi connectivity index (χ0n) is 9.99. The number of benzene rings is 1. The predicted octanol–water partition coefficient (Wildman–Crippen LogP) is 2.97. The van der Waals surface area contributed by atoms with Gasteiger partial charge < -0.3 is 9.84 Å². The molecule has 3 heteroatoms. The van der Waals surface area contributed by atoms with Crippen LogP contribution in [0.5, 0.6) is 11.5 Å². The monoisotopic (exact) mass is 241 g/mol. The Hall–Kier alpha value is -2.03. The number of rotatable bonds is 4. The molecule has 2 unspecified atom stereocenters. The number of nitrogens with zero attached hydrogens (tertiary/aromatic N) is 1. The molecule has 2 aromatic rings. The second-order valence-corrected chi connectivity index (χ2v) is 4.70. The number of pyridine rings is 1. The third-order valence-electron chi connectivity index (χ3n) is 3.30. The summed E-state index contributed by atoms with van der Waals surface area (Å²) < 4.78 is 5.73. The van der Waals surface area contributed by atoms with Gasteiger partial charge in [-0.25, -0.2) is 0 Å². The van der Waals surface area contributed by atoms with Gasteiger partial charge in [0, 0.05) is 12.1 Å². The van der Waals surface area contributed by atoms with Gasteiger partial charge in [0.25, 0.3) is 0 Å². The normalized spacial score (nSPS) is 21.6. The van der Waals surface area contributed by atoms with Crippen molar-refractivity contribution in [3.05, 3.63) is 54.4 Å². The van der Waals surface area contributed by atoms with E-state index in [0.29, 0.717) is 11.8 Å². The van der Waals surface area contributed by atoms with Crippen molar-refractivity contribution in [2.45, 2.75) is 12.3 Å². The molecule has 1 saturated carbocycles. The summed E-state index contributed by atoms with van der Waals surface area (Å²) in [4.78, 5) is 4.01. The predicted molar refractivity (Wildman–Crippen MR) is 68.7 cm³/mol. The third kappa shape index (κ3) is 2.45. The molecule has 3 nitrogen and oxygen atoms in total. The van der Waals surface area contributed by atoms with Crippen LogP contribution < -0.4 is 4.74 Å². The summed E-state index contributed by atoms with van der Waals surface area (Å²) in [5, 5.41) is 9.39. The zero-order chi connectivity index (χ0) is 12.4. The van der Waals surface area contributed by atoms with Gasteiger partial charge in [-0.15, -0.1) is 0 Å². The lowest BCUT2D eigenvalue weighted by Crippen LogP contribution is -2.00. The average Bonchev–Trinajstić information content (AvgIpc) is 3.17. The third-order valence-corrected chi connectivity index (χ3v) is 3.30. The number of para-hydroxylation sites is 1. The smallest absolute Gasteiger partial charge is 0.134 e. The summed E-state index contributed by atoms with van der Waals surface area (Å²) in [7, 11) is 0. The van der Waals surface area contributed by atoms with Crippen molar-refractivity contribution in [2.75, 3.05) is 6.61 Å². The standard InChI is InChI=1S/C15H15NO2/c17-13-6-11(8-16-9-13)15-7-12(15)10-18-14-4-2-1-3-5-14/h1-6,8-9,12,15,17H,7,10H2. The molecule has 1 N–H and O–H groups in total. The molecular weight excluding hydrogens is 226 g/mol. The summed E-state index contributed by atoms with van der Waals surface area (Å²) in [6.07, 6.45) is 4.40. The SMILES string of the molecule is Oc1cncc(C2CC2COc2ccccc2)c1. The van der Waals surface area contributed by atoms with Gasteiger partial charge in [-0.2, -0.15) is 0 Å². The van der Waals surface area contributed by atoms with Gasteiger partial charge in [0.1, 0.15) is 11.5 Å². The highest BCUT2D eigenvalue weighted by atomic mass is 16.5. The van der Waals surface area contributed by atoms with E-state index in [2.05, 4.69) is 4.98 Å². The highest BCUT2D eigenvalue weighted by Gasteiger charge is 2.39. The summed E-state index contributed by atoms with van der Waals surface area (Å²) >= 11 is 0. The molecule has 1 aromatic carbocycles. The highest BCUT2D eigenvalue weighted by Crippen LogP contribution is 2.47. The first-order chi connectivity index (χ1) is 8.83. The van der Waals surface area contributed by atoms with E-state index in [1.54, 1.807) is 6.07 Å². The number of ether oxygens (including phenoxy) is 1. The van der Waals surface area contributed by atoms with Gasteiger partial charge in [-0.3, -0.25) is 4.98 Å². The summed E-state index contributed by atoms with van der Waals surface area (Å²) in [5.74, 6) is 2.17. The van der Waals surface area contributed by atoms with Crippen LogP contribution in [-0.4, -0.2) is 16.7 Å². The van der Waals surface area contributed by atoms with Crippen molar-refractivity contribution < 1.29 is 9.84 Å². The molecule has 0 aliphatic heterocycles. The second kappa shape index (κ2) is 4.69. The van der Waals surface area contributed by atoms with E-state index in [1.807, 2.05) is 36.5 Å². The lowest BCUT2D eigenvalue weighted by Gasteiger charge is -2.05. The van der Waals surface area contributed by atoms with Gasteiger partial charge in [0.05, 0.1) is 12.8 Å². The molecule has 0 bridgehead atoms. The fourth-order valence-corrected chi connectivity index (χ4v) is 2.21. The number of hydrogen-bond donors (Lipinski definition) is 1. The molecule has 0 amide bonds. The Balaban J connectivity index is 1.56. The average molecular weight is 241 g/mol. The first-order valence-electron chi connectivity index (χ1n) is 6.14. The Morgan fingerprint density at radius 3 is 2.83 bits per heavy atom. The van der Waals surface area contributed by atoms with Gasteiger partial charge in [0.15, 0.2) is 0 Å². The van der Waals surface area contributed by atoms with Gasteiger partial charge in [0.2, 0.25) is 0 Å². The lowest BCUT2D eigenvalue weighted by molar-refractivity contribution is 0.297. The fourth-order valence-electron chi connectivity index (χ4n) is 2.21. The Kier molecular flexibility index (Phi) is 2.89. The van der Waals surface area contributed by atoms with Gasteiger partial charge in [-0.05, 0) is 36.1 Å². The summed E-state index contributed by atoms with van der Waals surface area (Å²) in [5.41, 5.74) is 1.11. The number of hydrogen-bond acceptors (Lipinski definition) is 3. The largest absolute Gasteiger partial charge is 0.506 e. The second-order valence-electron chi connectivity index (χ2n) is 4.70. The maximum Gasteiger partial charge on any atom is 0.134 e. The van der Waals surface area contributed by atoms with Crippen LogP contribution in [0.25, 0.3) is 0 Å². The highest BCUT2D eigenvalue weighted by molar-refractivity contribution is 5.29. The van der Waals surface area contributed by atoms with E-state index < -0.39 is 0 Å². The number of aromatic hydroxyl groups is 1. The van der Waals surface area contributed by atoms with Crippen LogP contribution in [-0.2, 0) is 0 Å². The molecule has 92 valence electrons. The minimum absolute atomic E-state index is 0.238. The Labute approximate surface area is 106 Å². The van der Waals surface area contributed by atoms with Crippen molar-refractivity contribution in [1.29, 1.82) is 0 Å². The fraction of sp³-hybridized carbons (Fsp3) is 0.267.